The number of carboxylic acids is 1. The number of urea groups is 1. The van der Waals surface area contributed by atoms with E-state index in [0.717, 1.165) is 11.4 Å². The smallest absolute Gasteiger partial charge is 0.319 e. The third-order valence-electron chi connectivity index (χ3n) is 3.95. The second-order valence-corrected chi connectivity index (χ2v) is 6.99. The maximum absolute atomic E-state index is 12.3. The lowest BCUT2D eigenvalue weighted by atomic mass is 9.99. The van der Waals surface area contributed by atoms with Gasteiger partial charge in [-0.3, -0.25) is 4.79 Å². The Morgan fingerprint density at radius 1 is 1.31 bits per heavy atom. The summed E-state index contributed by atoms with van der Waals surface area (Å²) in [6, 6.07) is 6.93. The van der Waals surface area contributed by atoms with Gasteiger partial charge in [0.2, 0.25) is 0 Å². The quantitative estimate of drug-likeness (QED) is 0.681. The van der Waals surface area contributed by atoms with Gasteiger partial charge in [0.1, 0.15) is 0 Å². The first-order chi connectivity index (χ1) is 12.2. The molecule has 140 valence electrons. The molecule has 0 aliphatic rings. The van der Waals surface area contributed by atoms with Crippen molar-refractivity contribution in [1.29, 1.82) is 0 Å². The number of hydrogen-bond acceptors (Lipinski definition) is 3. The van der Waals surface area contributed by atoms with Gasteiger partial charge in [-0.05, 0) is 38.8 Å². The normalized spacial score (nSPS) is 11.2. The second kappa shape index (κ2) is 8.23. The van der Waals surface area contributed by atoms with Crippen molar-refractivity contribution < 1.29 is 14.7 Å². The number of hydrogen-bond donors (Lipinski definition) is 3. The van der Waals surface area contributed by atoms with E-state index < -0.39 is 17.5 Å². The van der Waals surface area contributed by atoms with Gasteiger partial charge in [0.05, 0.1) is 28.3 Å². The summed E-state index contributed by atoms with van der Waals surface area (Å²) in [5.41, 5.74) is 1.49. The Hall–Kier alpha value is -2.54. The van der Waals surface area contributed by atoms with E-state index in [-0.39, 0.29) is 6.42 Å². The average Bonchev–Trinajstić information content (AvgIpc) is 2.95. The first-order valence-corrected chi connectivity index (χ1v) is 8.74. The molecular formula is C18H23ClN4O3. The number of nitrogens with one attached hydrogen (secondary N) is 2. The summed E-state index contributed by atoms with van der Waals surface area (Å²) >= 11 is 6.24. The van der Waals surface area contributed by atoms with E-state index in [1.165, 1.54) is 0 Å². The van der Waals surface area contributed by atoms with Gasteiger partial charge in [0.15, 0.2) is 0 Å². The number of aromatic nitrogens is 2. The summed E-state index contributed by atoms with van der Waals surface area (Å²) in [6.07, 6.45) is 2.53. The lowest BCUT2D eigenvalue weighted by Gasteiger charge is -2.25. The van der Waals surface area contributed by atoms with Gasteiger partial charge >= 0.3 is 12.0 Å². The average molecular weight is 379 g/mol. The van der Waals surface area contributed by atoms with Gasteiger partial charge in [-0.1, -0.05) is 30.7 Å². The molecule has 0 saturated carbocycles. The summed E-state index contributed by atoms with van der Waals surface area (Å²) in [5.74, 6) is -0.894. The number of anilines is 1. The second-order valence-electron chi connectivity index (χ2n) is 6.58. The summed E-state index contributed by atoms with van der Waals surface area (Å²) < 4.78 is 1.70. The van der Waals surface area contributed by atoms with Crippen LogP contribution in [0.25, 0.3) is 5.69 Å². The standard InChI is InChI=1S/C18H23ClN4O3/c1-4-14-13(11-20-23(14)15-8-6-5-7-12(15)19)21-17(26)22-18(2,3)10-9-16(24)25/h5-8,11H,4,9-10H2,1-3H3,(H,24,25)(H2,21,22,26). The van der Waals surface area contributed by atoms with E-state index in [2.05, 4.69) is 15.7 Å². The molecule has 0 unspecified atom stereocenters. The van der Waals surface area contributed by atoms with Gasteiger partial charge < -0.3 is 15.7 Å². The van der Waals surface area contributed by atoms with Crippen LogP contribution in [-0.2, 0) is 11.2 Å². The first kappa shape index (κ1) is 19.8. The van der Waals surface area contributed by atoms with Crippen LogP contribution in [0.2, 0.25) is 5.02 Å². The minimum absolute atomic E-state index is 0.0159. The molecule has 0 radical (unpaired) electrons. The van der Waals surface area contributed by atoms with Crippen molar-refractivity contribution in [3.8, 4) is 5.69 Å². The Kier molecular flexibility index (Phi) is 6.26. The van der Waals surface area contributed by atoms with Crippen LogP contribution in [0.3, 0.4) is 0 Å². The van der Waals surface area contributed by atoms with Gasteiger partial charge in [0.25, 0.3) is 0 Å². The van der Waals surface area contributed by atoms with Gasteiger partial charge in [-0.15, -0.1) is 0 Å². The lowest BCUT2D eigenvalue weighted by Crippen LogP contribution is -2.45. The van der Waals surface area contributed by atoms with Crippen LogP contribution in [0, 0.1) is 0 Å². The fourth-order valence-corrected chi connectivity index (χ4v) is 2.81. The van der Waals surface area contributed by atoms with Crippen molar-refractivity contribution in [2.75, 3.05) is 5.32 Å². The molecule has 2 aromatic rings. The zero-order valence-electron chi connectivity index (χ0n) is 15.0. The van der Waals surface area contributed by atoms with Crippen molar-refractivity contribution in [2.24, 2.45) is 0 Å². The minimum atomic E-state index is -0.894. The topological polar surface area (TPSA) is 96.2 Å². The number of rotatable bonds is 7. The highest BCUT2D eigenvalue weighted by Gasteiger charge is 2.22. The predicted octanol–water partition coefficient (Wildman–Crippen LogP) is 3.85. The van der Waals surface area contributed by atoms with Crippen molar-refractivity contribution in [3.05, 3.63) is 41.2 Å². The number of carboxylic acid groups (broad SMARTS) is 1. The number of para-hydroxylation sites is 1. The van der Waals surface area contributed by atoms with E-state index in [9.17, 15) is 9.59 Å². The molecule has 0 fully saturated rings. The van der Waals surface area contributed by atoms with Gasteiger partial charge in [-0.2, -0.15) is 5.10 Å². The zero-order valence-corrected chi connectivity index (χ0v) is 15.8. The first-order valence-electron chi connectivity index (χ1n) is 8.36. The van der Waals surface area contributed by atoms with E-state index in [0.29, 0.717) is 23.6 Å². The van der Waals surface area contributed by atoms with Crippen molar-refractivity contribution in [2.45, 2.75) is 45.6 Å². The predicted molar refractivity (Wildman–Crippen MR) is 101 cm³/mol. The van der Waals surface area contributed by atoms with Crippen LogP contribution in [-0.4, -0.2) is 32.4 Å². The SMILES string of the molecule is CCc1c(NC(=O)NC(C)(C)CCC(=O)O)cnn1-c1ccccc1Cl. The number of nitrogens with zero attached hydrogens (tertiary/aromatic N) is 2. The van der Waals surface area contributed by atoms with Crippen LogP contribution in [0.4, 0.5) is 10.5 Å². The Labute approximate surface area is 157 Å². The van der Waals surface area contributed by atoms with E-state index >= 15 is 0 Å². The molecule has 0 atom stereocenters. The summed E-state index contributed by atoms with van der Waals surface area (Å²) in [5, 5.41) is 19.3. The third-order valence-corrected chi connectivity index (χ3v) is 4.27. The molecule has 0 aliphatic carbocycles. The van der Waals surface area contributed by atoms with Crippen molar-refractivity contribution in [3.63, 3.8) is 0 Å². The molecule has 3 N–H and O–H groups in total. The molecule has 0 bridgehead atoms. The Morgan fingerprint density at radius 3 is 2.62 bits per heavy atom. The molecule has 0 spiro atoms. The molecule has 2 amide bonds. The number of amides is 2. The summed E-state index contributed by atoms with van der Waals surface area (Å²) in [6.45, 7) is 5.52. The highest BCUT2D eigenvalue weighted by atomic mass is 35.5. The molecule has 8 heteroatoms. The number of benzene rings is 1. The molecule has 7 nitrogen and oxygen atoms in total. The number of aliphatic carboxylic acids is 1. The van der Waals surface area contributed by atoms with Crippen LogP contribution < -0.4 is 10.6 Å². The Morgan fingerprint density at radius 2 is 2.00 bits per heavy atom. The fraction of sp³-hybridized carbons (Fsp3) is 0.389. The van der Waals surface area contributed by atoms with Crippen molar-refractivity contribution >= 4 is 29.3 Å². The van der Waals surface area contributed by atoms with E-state index in [1.54, 1.807) is 30.8 Å². The van der Waals surface area contributed by atoms with Crippen LogP contribution >= 0.6 is 11.6 Å². The largest absolute Gasteiger partial charge is 0.481 e. The molecule has 2 rings (SSSR count). The summed E-state index contributed by atoms with van der Waals surface area (Å²) in [4.78, 5) is 23.0. The maximum atomic E-state index is 12.3. The Balaban J connectivity index is 2.14. The van der Waals surface area contributed by atoms with Crippen molar-refractivity contribution in [1.82, 2.24) is 15.1 Å². The molecule has 1 heterocycles. The minimum Gasteiger partial charge on any atom is -0.481 e. The van der Waals surface area contributed by atoms with Crippen LogP contribution in [0.1, 0.15) is 39.3 Å². The van der Waals surface area contributed by atoms with Crippen LogP contribution in [0.5, 0.6) is 0 Å². The molecule has 1 aromatic heterocycles. The maximum Gasteiger partial charge on any atom is 0.319 e. The van der Waals surface area contributed by atoms with Crippen LogP contribution in [0.15, 0.2) is 30.5 Å². The zero-order chi connectivity index (χ0) is 19.3. The molecule has 26 heavy (non-hydrogen) atoms. The highest BCUT2D eigenvalue weighted by molar-refractivity contribution is 6.32. The number of halogens is 1. The Bertz CT molecular complexity index is 801. The third kappa shape index (κ3) is 4.98. The summed E-state index contributed by atoms with van der Waals surface area (Å²) in [7, 11) is 0. The number of carbonyl (C=O) groups excluding carboxylic acids is 1. The molecule has 1 aromatic carbocycles. The highest BCUT2D eigenvalue weighted by Crippen LogP contribution is 2.25. The fourth-order valence-electron chi connectivity index (χ4n) is 2.59. The lowest BCUT2D eigenvalue weighted by molar-refractivity contribution is -0.137. The molecule has 0 aliphatic heterocycles. The molecule has 0 saturated heterocycles. The van der Waals surface area contributed by atoms with Gasteiger partial charge in [-0.25, -0.2) is 9.48 Å². The molecular weight excluding hydrogens is 356 g/mol. The van der Waals surface area contributed by atoms with Gasteiger partial charge in [0, 0.05) is 12.0 Å². The van der Waals surface area contributed by atoms with E-state index in [1.807, 2.05) is 25.1 Å². The van der Waals surface area contributed by atoms with E-state index in [4.69, 9.17) is 16.7 Å². The number of carbonyl (C=O) groups is 2. The monoisotopic (exact) mass is 378 g/mol.